The molecular formula is C38H44N2O2. The van der Waals surface area contributed by atoms with Crippen LogP contribution in [-0.2, 0) is 12.8 Å². The Morgan fingerprint density at radius 1 is 0.500 bits per heavy atom. The summed E-state index contributed by atoms with van der Waals surface area (Å²) in [4.78, 5) is 10.0. The number of hydrogen-bond donors (Lipinski definition) is 0. The highest BCUT2D eigenvalue weighted by Gasteiger charge is 2.18. The van der Waals surface area contributed by atoms with Gasteiger partial charge in [0.1, 0.15) is 34.0 Å². The highest BCUT2D eigenvalue weighted by Crippen LogP contribution is 2.40. The Hall–Kier alpha value is -3.92. The molecule has 0 aliphatic carbocycles. The van der Waals surface area contributed by atoms with Crippen LogP contribution in [0.15, 0.2) is 73.1 Å². The highest BCUT2D eigenvalue weighted by atomic mass is 16.5. The minimum atomic E-state index is 0.835. The normalized spacial score (nSPS) is 11.3. The van der Waals surface area contributed by atoms with Gasteiger partial charge in [-0.25, -0.2) is 0 Å². The fraction of sp³-hybridized carbons (Fsp3) is 0.368. The maximum atomic E-state index is 6.62. The molecule has 3 aromatic carbocycles. The molecule has 5 aromatic rings. The molecule has 0 aliphatic rings. The third kappa shape index (κ3) is 7.10. The second-order valence-corrected chi connectivity index (χ2v) is 11.5. The molecule has 0 atom stereocenters. The standard InChI is InChI=1S/C38H44N2O2/c1-5-7-9-11-13-29-25-39-35-33(37(29)41-31-19-15-27(3)16-20-31)23-24-34-36(35)40-26-30(14-12-10-8-6-2)38(34)42-32-21-17-28(4)18-22-32/h15-26H,5-14H2,1-4H3. The van der Waals surface area contributed by atoms with Crippen LogP contribution in [-0.4, -0.2) is 9.97 Å². The SMILES string of the molecule is CCCCCCc1cnc2c(ccc3c(Oc4ccc(C)cc4)c(CCCCCC)cnc32)c1Oc1ccc(C)cc1. The van der Waals surface area contributed by atoms with E-state index in [9.17, 15) is 0 Å². The maximum Gasteiger partial charge on any atom is 0.141 e. The lowest BCUT2D eigenvalue weighted by atomic mass is 10.0. The van der Waals surface area contributed by atoms with Crippen LogP contribution in [0.3, 0.4) is 0 Å². The topological polar surface area (TPSA) is 44.2 Å². The molecule has 42 heavy (non-hydrogen) atoms. The van der Waals surface area contributed by atoms with Gasteiger partial charge in [0.15, 0.2) is 0 Å². The van der Waals surface area contributed by atoms with Gasteiger partial charge < -0.3 is 9.47 Å². The van der Waals surface area contributed by atoms with Crippen molar-refractivity contribution in [2.45, 2.75) is 91.9 Å². The smallest absolute Gasteiger partial charge is 0.141 e. The molecule has 4 nitrogen and oxygen atoms in total. The third-order valence-corrected chi connectivity index (χ3v) is 8.00. The van der Waals surface area contributed by atoms with Gasteiger partial charge in [0.05, 0.1) is 0 Å². The Kier molecular flexibility index (Phi) is 10.1. The number of fused-ring (bicyclic) bond motifs is 3. The number of unbranched alkanes of at least 4 members (excludes halogenated alkanes) is 6. The summed E-state index contributed by atoms with van der Waals surface area (Å²) in [5.74, 6) is 3.44. The minimum absolute atomic E-state index is 0.835. The Morgan fingerprint density at radius 3 is 1.29 bits per heavy atom. The Morgan fingerprint density at radius 2 is 0.905 bits per heavy atom. The van der Waals surface area contributed by atoms with E-state index in [1.54, 1.807) is 0 Å². The summed E-state index contributed by atoms with van der Waals surface area (Å²) in [5.41, 5.74) is 6.40. The molecule has 218 valence electrons. The van der Waals surface area contributed by atoms with Gasteiger partial charge in [0.2, 0.25) is 0 Å². The van der Waals surface area contributed by atoms with Gasteiger partial charge in [0, 0.05) is 34.3 Å². The molecule has 0 N–H and O–H groups in total. The lowest BCUT2D eigenvalue weighted by Gasteiger charge is -2.17. The van der Waals surface area contributed by atoms with E-state index in [1.165, 1.54) is 49.7 Å². The van der Waals surface area contributed by atoms with Gasteiger partial charge in [-0.15, -0.1) is 0 Å². The Bertz CT molecular complexity index is 1490. The summed E-state index contributed by atoms with van der Waals surface area (Å²) >= 11 is 0. The maximum absolute atomic E-state index is 6.62. The molecule has 2 aromatic heterocycles. The summed E-state index contributed by atoms with van der Waals surface area (Å²) < 4.78 is 13.2. The van der Waals surface area contributed by atoms with Gasteiger partial charge in [-0.3, -0.25) is 9.97 Å². The number of aryl methyl sites for hydroxylation is 4. The van der Waals surface area contributed by atoms with Crippen molar-refractivity contribution in [3.63, 3.8) is 0 Å². The molecule has 0 amide bonds. The second-order valence-electron chi connectivity index (χ2n) is 11.5. The summed E-state index contributed by atoms with van der Waals surface area (Å²) in [7, 11) is 0. The van der Waals surface area contributed by atoms with E-state index in [2.05, 4.69) is 64.1 Å². The van der Waals surface area contributed by atoms with E-state index < -0.39 is 0 Å². The molecule has 5 rings (SSSR count). The first-order chi connectivity index (χ1) is 20.6. The van der Waals surface area contributed by atoms with E-state index in [4.69, 9.17) is 19.4 Å². The van der Waals surface area contributed by atoms with Gasteiger partial charge in [-0.2, -0.15) is 0 Å². The Labute approximate surface area is 251 Å². The zero-order valence-electron chi connectivity index (χ0n) is 25.7. The summed E-state index contributed by atoms with van der Waals surface area (Å²) in [6, 6.07) is 20.8. The van der Waals surface area contributed by atoms with E-state index >= 15 is 0 Å². The molecule has 0 radical (unpaired) electrons. The van der Waals surface area contributed by atoms with Crippen LogP contribution in [0, 0.1) is 13.8 Å². The molecule has 0 saturated carbocycles. The molecule has 0 aliphatic heterocycles. The van der Waals surface area contributed by atoms with E-state index in [-0.39, 0.29) is 0 Å². The van der Waals surface area contributed by atoms with Crippen molar-refractivity contribution in [1.29, 1.82) is 0 Å². The monoisotopic (exact) mass is 560 g/mol. The molecule has 0 spiro atoms. The number of benzene rings is 3. The average Bonchev–Trinajstić information content (AvgIpc) is 3.01. The number of pyridine rings is 2. The minimum Gasteiger partial charge on any atom is -0.456 e. The van der Waals surface area contributed by atoms with Crippen LogP contribution < -0.4 is 9.47 Å². The van der Waals surface area contributed by atoms with Crippen LogP contribution in [0.4, 0.5) is 0 Å². The zero-order valence-corrected chi connectivity index (χ0v) is 25.7. The molecule has 0 bridgehead atoms. The van der Waals surface area contributed by atoms with Gasteiger partial charge in [0.25, 0.3) is 0 Å². The van der Waals surface area contributed by atoms with Gasteiger partial charge in [-0.05, 0) is 75.9 Å². The zero-order chi connectivity index (χ0) is 29.3. The van der Waals surface area contributed by atoms with Crippen molar-refractivity contribution < 1.29 is 9.47 Å². The molecule has 0 fully saturated rings. The van der Waals surface area contributed by atoms with Crippen molar-refractivity contribution in [3.05, 3.63) is 95.3 Å². The van der Waals surface area contributed by atoms with Crippen LogP contribution in [0.5, 0.6) is 23.0 Å². The summed E-state index contributed by atoms with van der Waals surface area (Å²) in [5, 5.41) is 1.97. The molecular weight excluding hydrogens is 516 g/mol. The number of hydrogen-bond acceptors (Lipinski definition) is 4. The highest BCUT2D eigenvalue weighted by molar-refractivity contribution is 6.07. The Balaban J connectivity index is 1.60. The van der Waals surface area contributed by atoms with Crippen LogP contribution in [0.25, 0.3) is 21.8 Å². The lowest BCUT2D eigenvalue weighted by molar-refractivity contribution is 0.478. The largest absolute Gasteiger partial charge is 0.456 e. The third-order valence-electron chi connectivity index (χ3n) is 8.00. The van der Waals surface area contributed by atoms with Gasteiger partial charge >= 0.3 is 0 Å². The number of nitrogens with zero attached hydrogens (tertiary/aromatic N) is 2. The predicted octanol–water partition coefficient (Wildman–Crippen LogP) is 11.2. The van der Waals surface area contributed by atoms with Crippen LogP contribution in [0.2, 0.25) is 0 Å². The van der Waals surface area contributed by atoms with E-state index in [0.29, 0.717) is 0 Å². The van der Waals surface area contributed by atoms with E-state index in [0.717, 1.165) is 81.6 Å². The predicted molar refractivity (Wildman–Crippen MR) is 175 cm³/mol. The summed E-state index contributed by atoms with van der Waals surface area (Å²) in [6.45, 7) is 8.68. The van der Waals surface area contributed by atoms with Crippen molar-refractivity contribution in [2.24, 2.45) is 0 Å². The number of ether oxygens (including phenoxy) is 2. The van der Waals surface area contributed by atoms with Crippen molar-refractivity contribution in [3.8, 4) is 23.0 Å². The quantitative estimate of drug-likeness (QED) is 0.100. The fourth-order valence-electron chi connectivity index (χ4n) is 5.49. The second kappa shape index (κ2) is 14.3. The summed E-state index contributed by atoms with van der Waals surface area (Å²) in [6.07, 6.45) is 15.4. The first kappa shape index (κ1) is 29.6. The van der Waals surface area contributed by atoms with Gasteiger partial charge in [-0.1, -0.05) is 87.8 Å². The van der Waals surface area contributed by atoms with Crippen molar-refractivity contribution in [2.75, 3.05) is 0 Å². The number of aromatic nitrogens is 2. The first-order valence-electron chi connectivity index (χ1n) is 15.8. The van der Waals surface area contributed by atoms with E-state index in [1.807, 2.05) is 36.7 Å². The number of rotatable bonds is 14. The fourth-order valence-corrected chi connectivity index (χ4v) is 5.49. The van der Waals surface area contributed by atoms with Crippen molar-refractivity contribution >= 4 is 21.8 Å². The molecule has 4 heteroatoms. The molecule has 2 heterocycles. The molecule has 0 saturated heterocycles. The first-order valence-corrected chi connectivity index (χ1v) is 15.8. The lowest BCUT2D eigenvalue weighted by Crippen LogP contribution is -2.00. The van der Waals surface area contributed by atoms with Crippen molar-refractivity contribution in [1.82, 2.24) is 9.97 Å². The average molecular weight is 561 g/mol. The van der Waals surface area contributed by atoms with Crippen LogP contribution in [0.1, 0.15) is 87.5 Å². The van der Waals surface area contributed by atoms with Crippen LogP contribution >= 0.6 is 0 Å². The molecule has 0 unspecified atom stereocenters.